The number of fused-ring (bicyclic) bond motifs is 6. The van der Waals surface area contributed by atoms with E-state index in [0.717, 1.165) is 12.1 Å². The fraction of sp³-hybridized carbons (Fsp3) is 0.154. The van der Waals surface area contributed by atoms with Crippen molar-refractivity contribution >= 4 is 33.2 Å². The fourth-order valence-electron chi connectivity index (χ4n) is 9.51. The van der Waals surface area contributed by atoms with Crippen LogP contribution in [0, 0.1) is 5.92 Å². The molecule has 6 aromatic carbocycles. The van der Waals surface area contributed by atoms with E-state index in [2.05, 4.69) is 212 Å². The van der Waals surface area contributed by atoms with Gasteiger partial charge in [0.05, 0.1) is 11.0 Å². The molecule has 0 radical (unpaired) electrons. The summed E-state index contributed by atoms with van der Waals surface area (Å²) in [6.45, 7) is 7.08. The van der Waals surface area contributed by atoms with Crippen molar-refractivity contribution in [1.82, 2.24) is 4.57 Å². The zero-order valence-corrected chi connectivity index (χ0v) is 31.2. The fourth-order valence-corrected chi connectivity index (χ4v) is 9.51. The van der Waals surface area contributed by atoms with Gasteiger partial charge in [0.2, 0.25) is 0 Å². The van der Waals surface area contributed by atoms with E-state index in [-0.39, 0.29) is 5.41 Å². The summed E-state index contributed by atoms with van der Waals surface area (Å²) in [5.74, 6) is 1.35. The van der Waals surface area contributed by atoms with Gasteiger partial charge in [-0.25, -0.2) is 0 Å². The summed E-state index contributed by atoms with van der Waals surface area (Å²) in [6, 6.07) is 53.9. The predicted octanol–water partition coefficient (Wildman–Crippen LogP) is 13.7. The van der Waals surface area contributed by atoms with Crippen molar-refractivity contribution in [1.29, 1.82) is 0 Å². The summed E-state index contributed by atoms with van der Waals surface area (Å²) >= 11 is 0. The topological polar surface area (TPSA) is 8.17 Å². The minimum absolute atomic E-state index is 0.00125. The third kappa shape index (κ3) is 5.23. The van der Waals surface area contributed by atoms with Crippen LogP contribution in [0.5, 0.6) is 0 Å². The third-order valence-electron chi connectivity index (χ3n) is 12.3. The lowest BCUT2D eigenvalue weighted by molar-refractivity contribution is 0.609. The second-order valence-corrected chi connectivity index (χ2v) is 15.8. The summed E-state index contributed by atoms with van der Waals surface area (Å²) in [5, 5.41) is 2.54. The number of hydrogen-bond acceptors (Lipinski definition) is 1. The average molecular weight is 697 g/mol. The number of para-hydroxylation sites is 2. The van der Waals surface area contributed by atoms with E-state index in [9.17, 15) is 0 Å². The normalized spacial score (nSPS) is 19.7. The molecule has 0 amide bonds. The number of nitrogens with zero attached hydrogens (tertiary/aromatic N) is 2. The van der Waals surface area contributed by atoms with Crippen molar-refractivity contribution in [2.24, 2.45) is 5.92 Å². The van der Waals surface area contributed by atoms with E-state index >= 15 is 0 Å². The molecular weight excluding hydrogens is 653 g/mol. The van der Waals surface area contributed by atoms with Crippen molar-refractivity contribution in [3.8, 4) is 16.8 Å². The monoisotopic (exact) mass is 696 g/mol. The van der Waals surface area contributed by atoms with Crippen LogP contribution in [-0.2, 0) is 5.41 Å². The van der Waals surface area contributed by atoms with E-state index in [1.165, 1.54) is 72.3 Å². The molecule has 1 aromatic heterocycles. The Morgan fingerprint density at radius 1 is 0.630 bits per heavy atom. The molecule has 0 saturated carbocycles. The smallest absolute Gasteiger partial charge is 0.0541 e. The van der Waals surface area contributed by atoms with E-state index < -0.39 is 0 Å². The molecule has 0 N–H and O–H groups in total. The Labute approximate surface area is 318 Å². The first-order valence-electron chi connectivity index (χ1n) is 19.4. The molecule has 2 heteroatoms. The molecule has 0 saturated heterocycles. The van der Waals surface area contributed by atoms with Gasteiger partial charge in [-0.2, -0.15) is 0 Å². The molecule has 0 fully saturated rings. The lowest BCUT2D eigenvalue weighted by Crippen LogP contribution is -2.22. The second-order valence-electron chi connectivity index (χ2n) is 15.8. The molecule has 2 nitrogen and oxygen atoms in total. The number of aromatic nitrogens is 1. The van der Waals surface area contributed by atoms with Crippen molar-refractivity contribution in [3.05, 3.63) is 210 Å². The summed E-state index contributed by atoms with van der Waals surface area (Å²) in [5.41, 5.74) is 15.5. The van der Waals surface area contributed by atoms with E-state index in [1.54, 1.807) is 0 Å². The number of hydrogen-bond donors (Lipinski definition) is 0. The van der Waals surface area contributed by atoms with Gasteiger partial charge >= 0.3 is 0 Å². The van der Waals surface area contributed by atoms with Crippen LogP contribution in [0.1, 0.15) is 55.7 Å². The number of anilines is 2. The van der Waals surface area contributed by atoms with Crippen LogP contribution >= 0.6 is 0 Å². The van der Waals surface area contributed by atoms with Gasteiger partial charge in [-0.1, -0.05) is 148 Å². The van der Waals surface area contributed by atoms with Crippen molar-refractivity contribution in [2.75, 3.05) is 4.90 Å². The highest BCUT2D eigenvalue weighted by Crippen LogP contribution is 2.54. The number of benzene rings is 6. The Hall–Kier alpha value is -6.12. The molecule has 0 spiro atoms. The molecular formula is C52H44N2. The van der Waals surface area contributed by atoms with Crippen LogP contribution in [-0.4, -0.2) is 4.57 Å². The van der Waals surface area contributed by atoms with E-state index in [0.29, 0.717) is 17.8 Å². The van der Waals surface area contributed by atoms with Crippen molar-refractivity contribution in [3.63, 3.8) is 0 Å². The Morgan fingerprint density at radius 3 is 2.13 bits per heavy atom. The van der Waals surface area contributed by atoms with E-state index in [4.69, 9.17) is 0 Å². The van der Waals surface area contributed by atoms with Gasteiger partial charge < -0.3 is 9.47 Å². The highest BCUT2D eigenvalue weighted by Gasteiger charge is 2.42. The first kappa shape index (κ1) is 32.5. The van der Waals surface area contributed by atoms with Gasteiger partial charge in [-0.15, -0.1) is 0 Å². The molecule has 7 aromatic rings. The Balaban J connectivity index is 1.00. The van der Waals surface area contributed by atoms with E-state index in [1.807, 2.05) is 0 Å². The van der Waals surface area contributed by atoms with Gasteiger partial charge in [0, 0.05) is 50.8 Å². The van der Waals surface area contributed by atoms with Crippen LogP contribution in [0.15, 0.2) is 193 Å². The van der Waals surface area contributed by atoms with Gasteiger partial charge in [0.25, 0.3) is 0 Å². The summed E-state index contributed by atoms with van der Waals surface area (Å²) in [6.07, 6.45) is 14.9. The van der Waals surface area contributed by atoms with Crippen molar-refractivity contribution < 1.29 is 0 Å². The molecule has 3 unspecified atom stereocenters. The molecule has 0 bridgehead atoms. The van der Waals surface area contributed by atoms with Crippen LogP contribution in [0.25, 0.3) is 38.6 Å². The summed E-state index contributed by atoms with van der Waals surface area (Å²) in [4.78, 5) is 2.43. The van der Waals surface area contributed by atoms with Gasteiger partial charge in [-0.05, 0) is 101 Å². The van der Waals surface area contributed by atoms with Crippen LogP contribution < -0.4 is 4.90 Å². The molecule has 1 heterocycles. The lowest BCUT2D eigenvalue weighted by atomic mass is 9.78. The Bertz CT molecular complexity index is 2660. The van der Waals surface area contributed by atoms with Gasteiger partial charge in [0.1, 0.15) is 0 Å². The third-order valence-corrected chi connectivity index (χ3v) is 12.3. The molecule has 3 aliphatic carbocycles. The molecule has 54 heavy (non-hydrogen) atoms. The zero-order chi connectivity index (χ0) is 36.4. The molecule has 0 aliphatic heterocycles. The zero-order valence-electron chi connectivity index (χ0n) is 31.2. The number of allylic oxidation sites excluding steroid dienone is 7. The second kappa shape index (κ2) is 12.8. The first-order valence-corrected chi connectivity index (χ1v) is 19.4. The Kier molecular flexibility index (Phi) is 7.70. The predicted molar refractivity (Wildman–Crippen MR) is 228 cm³/mol. The Morgan fingerprint density at radius 2 is 1.31 bits per heavy atom. The maximum Gasteiger partial charge on any atom is 0.0541 e. The average Bonchev–Trinajstić information content (AvgIpc) is 3.67. The highest BCUT2D eigenvalue weighted by molar-refractivity contribution is 6.10. The largest absolute Gasteiger partial charge is 0.311 e. The SMILES string of the molecule is CC1C=CC=CC1c1ccc(-n2c3ccccc3c3cc(-c4ccc(N(C5=CCC6C(=C5)C(C)(C)c5ccccc56)c5ccccc5)cc4)ccc32)cc1. The molecule has 3 atom stereocenters. The summed E-state index contributed by atoms with van der Waals surface area (Å²) < 4.78 is 2.42. The minimum atomic E-state index is 0.00125. The van der Waals surface area contributed by atoms with Crippen LogP contribution in [0.2, 0.25) is 0 Å². The number of rotatable bonds is 6. The first-order chi connectivity index (χ1) is 26.5. The summed E-state index contributed by atoms with van der Waals surface area (Å²) in [7, 11) is 0. The molecule has 262 valence electrons. The maximum atomic E-state index is 2.47. The lowest BCUT2D eigenvalue weighted by Gasteiger charge is -2.32. The van der Waals surface area contributed by atoms with Gasteiger partial charge in [-0.3, -0.25) is 0 Å². The van der Waals surface area contributed by atoms with Crippen LogP contribution in [0.4, 0.5) is 11.4 Å². The van der Waals surface area contributed by atoms with Gasteiger partial charge in [0.15, 0.2) is 0 Å². The molecule has 3 aliphatic rings. The molecule has 10 rings (SSSR count). The quantitative estimate of drug-likeness (QED) is 0.168. The van der Waals surface area contributed by atoms with Crippen LogP contribution in [0.3, 0.4) is 0 Å². The highest BCUT2D eigenvalue weighted by atomic mass is 15.1. The standard InChI is InChI=1S/C52H44N2/c1-35-13-7-8-16-43(35)37-23-28-41(29-24-37)54-50-20-12-10-18-46(50)47-33-38(25-32-51(47)54)36-21-26-40(27-22-36)53(39-14-5-4-6-15-39)42-30-31-45-44-17-9-11-19-48(44)52(2,3)49(45)34-42/h4-30,32-35,43,45H,31H2,1-3H3. The van der Waals surface area contributed by atoms with Crippen molar-refractivity contribution in [2.45, 2.75) is 44.4 Å². The maximum absolute atomic E-state index is 2.47. The minimum Gasteiger partial charge on any atom is -0.311 e.